The summed E-state index contributed by atoms with van der Waals surface area (Å²) in [7, 11) is -2.35. The molecule has 7 heteroatoms. The third kappa shape index (κ3) is 3.43. The number of methoxy groups -OCH3 is 1. The van der Waals surface area contributed by atoms with Gasteiger partial charge >= 0.3 is 16.1 Å². The van der Waals surface area contributed by atoms with E-state index in [0.717, 1.165) is 12.3 Å². The summed E-state index contributed by atoms with van der Waals surface area (Å²) in [5.41, 5.74) is -0.113. The van der Waals surface area contributed by atoms with Gasteiger partial charge in [-0.2, -0.15) is 8.42 Å². The molecule has 1 N–H and O–H groups in total. The monoisotopic (exact) mass is 246 g/mol. The molecule has 0 heterocycles. The molecule has 0 aliphatic heterocycles. The molecule has 0 aromatic heterocycles. The van der Waals surface area contributed by atoms with E-state index in [2.05, 4.69) is 4.18 Å². The number of carboxylic acid groups (broad SMARTS) is 1. The predicted octanol–water partition coefficient (Wildman–Crippen LogP) is 0.732. The molecule has 0 spiro atoms. The van der Waals surface area contributed by atoms with Crippen molar-refractivity contribution in [3.05, 3.63) is 23.8 Å². The van der Waals surface area contributed by atoms with Crippen LogP contribution < -0.4 is 8.92 Å². The van der Waals surface area contributed by atoms with E-state index in [1.54, 1.807) is 0 Å². The van der Waals surface area contributed by atoms with E-state index < -0.39 is 16.1 Å². The zero-order chi connectivity index (χ0) is 12.3. The molecule has 0 fully saturated rings. The first-order valence-corrected chi connectivity index (χ1v) is 5.95. The van der Waals surface area contributed by atoms with Crippen molar-refractivity contribution in [2.45, 2.75) is 0 Å². The topological polar surface area (TPSA) is 89.9 Å². The highest BCUT2D eigenvalue weighted by Gasteiger charge is 2.11. The zero-order valence-electron chi connectivity index (χ0n) is 8.63. The summed E-state index contributed by atoms with van der Waals surface area (Å²) in [5, 5.41) is 8.77. The standard InChI is InChI=1S/C9H10O6S/c1-14-7-3-6(9(10)11)4-8(5-7)15-16(2,12)13/h3-5H,1-2H3,(H,10,11). The van der Waals surface area contributed by atoms with Crippen LogP contribution in [0.2, 0.25) is 0 Å². The summed E-state index contributed by atoms with van der Waals surface area (Å²) in [6.07, 6.45) is 0.868. The highest BCUT2D eigenvalue weighted by molar-refractivity contribution is 7.86. The number of aromatic carboxylic acids is 1. The van der Waals surface area contributed by atoms with Crippen LogP contribution in [-0.4, -0.2) is 32.9 Å². The van der Waals surface area contributed by atoms with Crippen molar-refractivity contribution in [2.75, 3.05) is 13.4 Å². The van der Waals surface area contributed by atoms with Crippen molar-refractivity contribution in [3.8, 4) is 11.5 Å². The Hall–Kier alpha value is -1.76. The van der Waals surface area contributed by atoms with Gasteiger partial charge in [0.25, 0.3) is 0 Å². The Morgan fingerprint density at radius 3 is 2.25 bits per heavy atom. The highest BCUT2D eigenvalue weighted by atomic mass is 32.2. The molecular weight excluding hydrogens is 236 g/mol. The molecule has 88 valence electrons. The number of carbonyl (C=O) groups is 1. The summed E-state index contributed by atoms with van der Waals surface area (Å²) >= 11 is 0. The fraction of sp³-hybridized carbons (Fsp3) is 0.222. The van der Waals surface area contributed by atoms with Gasteiger partial charge in [0.15, 0.2) is 0 Å². The first kappa shape index (κ1) is 12.3. The van der Waals surface area contributed by atoms with E-state index in [1.165, 1.54) is 19.2 Å². The van der Waals surface area contributed by atoms with Crippen molar-refractivity contribution < 1.29 is 27.2 Å². The maximum absolute atomic E-state index is 10.9. The van der Waals surface area contributed by atoms with Crippen LogP contribution in [0, 0.1) is 0 Å². The quantitative estimate of drug-likeness (QED) is 0.788. The Morgan fingerprint density at radius 2 is 1.81 bits per heavy atom. The molecule has 1 aromatic rings. The Kier molecular flexibility index (Phi) is 3.38. The lowest BCUT2D eigenvalue weighted by molar-refractivity contribution is 0.0696. The first-order valence-electron chi connectivity index (χ1n) is 4.13. The molecule has 0 aliphatic carbocycles. The van der Waals surface area contributed by atoms with E-state index >= 15 is 0 Å². The number of hydrogen-bond acceptors (Lipinski definition) is 5. The number of rotatable bonds is 4. The molecule has 0 radical (unpaired) electrons. The minimum atomic E-state index is -3.69. The van der Waals surface area contributed by atoms with Gasteiger partial charge in [-0.15, -0.1) is 0 Å². The van der Waals surface area contributed by atoms with E-state index in [9.17, 15) is 13.2 Å². The van der Waals surface area contributed by atoms with Crippen LogP contribution in [-0.2, 0) is 10.1 Å². The molecule has 0 unspecified atom stereocenters. The van der Waals surface area contributed by atoms with Gasteiger partial charge in [-0.05, 0) is 12.1 Å². The number of hydrogen-bond donors (Lipinski definition) is 1. The molecule has 0 saturated heterocycles. The molecule has 0 atom stereocenters. The third-order valence-corrected chi connectivity index (χ3v) is 2.11. The minimum Gasteiger partial charge on any atom is -0.497 e. The second-order valence-corrected chi connectivity index (χ2v) is 4.56. The minimum absolute atomic E-state index is 0.0979. The van der Waals surface area contributed by atoms with Crippen molar-refractivity contribution >= 4 is 16.1 Å². The first-order chi connectivity index (χ1) is 7.31. The number of benzene rings is 1. The Balaban J connectivity index is 3.19. The van der Waals surface area contributed by atoms with Crippen molar-refractivity contribution in [3.63, 3.8) is 0 Å². The SMILES string of the molecule is COc1cc(OS(C)(=O)=O)cc(C(=O)O)c1. The lowest BCUT2D eigenvalue weighted by Gasteiger charge is -2.06. The Labute approximate surface area is 92.5 Å². The zero-order valence-corrected chi connectivity index (χ0v) is 9.45. The van der Waals surface area contributed by atoms with Crippen LogP contribution in [0.25, 0.3) is 0 Å². The van der Waals surface area contributed by atoms with Gasteiger partial charge in [-0.25, -0.2) is 4.79 Å². The van der Waals surface area contributed by atoms with Gasteiger partial charge in [0.2, 0.25) is 0 Å². The van der Waals surface area contributed by atoms with Gasteiger partial charge in [0.05, 0.1) is 18.9 Å². The summed E-state index contributed by atoms with van der Waals surface area (Å²) in [6, 6.07) is 3.65. The van der Waals surface area contributed by atoms with Crippen LogP contribution in [0.1, 0.15) is 10.4 Å². The lowest BCUT2D eigenvalue weighted by atomic mass is 10.2. The Bertz CT molecular complexity index is 505. The highest BCUT2D eigenvalue weighted by Crippen LogP contribution is 2.23. The second kappa shape index (κ2) is 4.40. The fourth-order valence-electron chi connectivity index (χ4n) is 1.04. The molecule has 0 saturated carbocycles. The lowest BCUT2D eigenvalue weighted by Crippen LogP contribution is -2.07. The van der Waals surface area contributed by atoms with Crippen LogP contribution >= 0.6 is 0 Å². The number of ether oxygens (including phenoxy) is 1. The normalized spacial score (nSPS) is 10.9. The molecule has 16 heavy (non-hydrogen) atoms. The number of carboxylic acids is 1. The summed E-state index contributed by atoms with van der Waals surface area (Å²) < 4.78 is 31.1. The Morgan fingerprint density at radius 1 is 1.25 bits per heavy atom. The van der Waals surface area contributed by atoms with E-state index in [0.29, 0.717) is 0 Å². The van der Waals surface area contributed by atoms with Crippen LogP contribution in [0.4, 0.5) is 0 Å². The van der Waals surface area contributed by atoms with E-state index in [-0.39, 0.29) is 17.1 Å². The third-order valence-electron chi connectivity index (χ3n) is 1.61. The molecule has 1 rings (SSSR count). The predicted molar refractivity (Wildman–Crippen MR) is 55.4 cm³/mol. The average Bonchev–Trinajstić information content (AvgIpc) is 2.14. The summed E-state index contributed by atoms with van der Waals surface area (Å²) in [4.78, 5) is 10.7. The van der Waals surface area contributed by atoms with Gasteiger partial charge in [-0.3, -0.25) is 0 Å². The maximum Gasteiger partial charge on any atom is 0.335 e. The van der Waals surface area contributed by atoms with Gasteiger partial charge < -0.3 is 14.0 Å². The summed E-state index contributed by atoms with van der Waals surface area (Å²) in [5.74, 6) is -1.09. The van der Waals surface area contributed by atoms with Crippen LogP contribution in [0.15, 0.2) is 18.2 Å². The molecule has 0 amide bonds. The molecule has 6 nitrogen and oxygen atoms in total. The van der Waals surface area contributed by atoms with Gasteiger partial charge in [0, 0.05) is 6.07 Å². The molecule has 1 aromatic carbocycles. The second-order valence-electron chi connectivity index (χ2n) is 2.99. The average molecular weight is 246 g/mol. The van der Waals surface area contributed by atoms with E-state index in [1.807, 2.05) is 0 Å². The largest absolute Gasteiger partial charge is 0.497 e. The van der Waals surface area contributed by atoms with Crippen molar-refractivity contribution in [1.29, 1.82) is 0 Å². The van der Waals surface area contributed by atoms with Gasteiger partial charge in [0.1, 0.15) is 11.5 Å². The molecule has 0 bridgehead atoms. The van der Waals surface area contributed by atoms with Crippen LogP contribution in [0.3, 0.4) is 0 Å². The maximum atomic E-state index is 10.9. The van der Waals surface area contributed by atoms with Crippen LogP contribution in [0.5, 0.6) is 11.5 Å². The smallest absolute Gasteiger partial charge is 0.335 e. The van der Waals surface area contributed by atoms with E-state index in [4.69, 9.17) is 9.84 Å². The fourth-order valence-corrected chi connectivity index (χ4v) is 1.48. The molecule has 0 aliphatic rings. The van der Waals surface area contributed by atoms with Crippen molar-refractivity contribution in [2.24, 2.45) is 0 Å². The van der Waals surface area contributed by atoms with Gasteiger partial charge in [-0.1, -0.05) is 0 Å². The summed E-state index contributed by atoms with van der Waals surface area (Å²) in [6.45, 7) is 0. The van der Waals surface area contributed by atoms with Crippen molar-refractivity contribution in [1.82, 2.24) is 0 Å². The molecular formula is C9H10O6S.